The molecule has 0 spiro atoms. The monoisotopic (exact) mass is 598 g/mol. The van der Waals surface area contributed by atoms with E-state index in [1.54, 1.807) is 60.9 Å². The van der Waals surface area contributed by atoms with Crippen molar-refractivity contribution in [2.45, 2.75) is 13.0 Å². The summed E-state index contributed by atoms with van der Waals surface area (Å²) in [4.78, 5) is 32.6. The van der Waals surface area contributed by atoms with Gasteiger partial charge in [0.2, 0.25) is 0 Å². The Balaban J connectivity index is 0.000000178. The van der Waals surface area contributed by atoms with Crippen LogP contribution in [0, 0.1) is 35.3 Å². The second-order valence-corrected chi connectivity index (χ2v) is 9.73. The fourth-order valence-electron chi connectivity index (χ4n) is 4.18. The summed E-state index contributed by atoms with van der Waals surface area (Å²) in [7, 11) is 0. The van der Waals surface area contributed by atoms with Crippen LogP contribution in [0.4, 0.5) is 8.78 Å². The molecule has 4 heterocycles. The van der Waals surface area contributed by atoms with Crippen LogP contribution in [-0.2, 0) is 0 Å². The predicted octanol–water partition coefficient (Wildman–Crippen LogP) is 5.16. The highest BCUT2D eigenvalue weighted by Gasteiger charge is 2.09. The molecule has 7 nitrogen and oxygen atoms in total. The third kappa shape index (κ3) is 7.26. The van der Waals surface area contributed by atoms with Crippen LogP contribution in [0.1, 0.15) is 46.4 Å². The van der Waals surface area contributed by atoms with Gasteiger partial charge in [0.05, 0.1) is 17.2 Å². The maximum absolute atomic E-state index is 13.1. The van der Waals surface area contributed by atoms with Crippen molar-refractivity contribution in [1.29, 1.82) is 0 Å². The maximum atomic E-state index is 13.1. The molecule has 1 atom stereocenters. The smallest absolute Gasteiger partial charge is 0.265 e. The van der Waals surface area contributed by atoms with Crippen LogP contribution in [-0.4, -0.2) is 23.9 Å². The molecule has 4 aromatic heterocycles. The summed E-state index contributed by atoms with van der Waals surface area (Å²) in [5.41, 5.74) is 3.64. The Morgan fingerprint density at radius 1 is 0.733 bits per heavy atom. The molecule has 0 aliphatic carbocycles. The van der Waals surface area contributed by atoms with E-state index in [1.807, 2.05) is 0 Å². The van der Waals surface area contributed by atoms with Crippen LogP contribution in [0.2, 0.25) is 0 Å². The van der Waals surface area contributed by atoms with E-state index in [0.717, 1.165) is 0 Å². The van der Waals surface area contributed by atoms with Crippen molar-refractivity contribution in [3.63, 3.8) is 0 Å². The van der Waals surface area contributed by atoms with Gasteiger partial charge in [-0.25, -0.2) is 18.7 Å². The molecule has 0 aliphatic heterocycles. The number of hydrogen-bond acceptors (Lipinski definition) is 5. The number of pyridine rings is 2. The molecule has 1 N–H and O–H groups in total. The Labute approximate surface area is 256 Å². The van der Waals surface area contributed by atoms with Crippen molar-refractivity contribution in [2.75, 3.05) is 0 Å². The minimum absolute atomic E-state index is 0.176. The lowest BCUT2D eigenvalue weighted by molar-refractivity contribution is 0.197. The molecule has 220 valence electrons. The molecular weight excluding hydrogens is 574 g/mol. The Hall–Kier alpha value is -6.16. The molecule has 9 heteroatoms. The van der Waals surface area contributed by atoms with Crippen molar-refractivity contribution in [3.8, 4) is 23.7 Å². The second-order valence-electron chi connectivity index (χ2n) is 9.73. The molecule has 6 rings (SSSR count). The van der Waals surface area contributed by atoms with Crippen molar-refractivity contribution in [1.82, 2.24) is 18.8 Å². The Morgan fingerprint density at radius 2 is 1.20 bits per heavy atom. The van der Waals surface area contributed by atoms with Gasteiger partial charge in [-0.05, 0) is 67.6 Å². The zero-order valence-electron chi connectivity index (χ0n) is 23.9. The van der Waals surface area contributed by atoms with E-state index in [0.29, 0.717) is 39.1 Å². The van der Waals surface area contributed by atoms with E-state index in [4.69, 9.17) is 0 Å². The third-order valence-corrected chi connectivity index (χ3v) is 6.49. The van der Waals surface area contributed by atoms with E-state index >= 15 is 0 Å². The highest BCUT2D eigenvalue weighted by molar-refractivity contribution is 5.53. The SMILES string of the molecule is C=Cc1cnc2cc(C#Cc3cccc(F)c3)ccn2c1=O.CC(O)c1cnc2cc(C#Cc3cccc(F)c3)ccn2c1=O. The van der Waals surface area contributed by atoms with Crippen LogP contribution in [0.5, 0.6) is 0 Å². The minimum Gasteiger partial charge on any atom is -0.388 e. The van der Waals surface area contributed by atoms with Crippen molar-refractivity contribution in [3.05, 3.63) is 170 Å². The summed E-state index contributed by atoms with van der Waals surface area (Å²) in [5.74, 6) is 10.9. The summed E-state index contributed by atoms with van der Waals surface area (Å²) < 4.78 is 29.0. The molecule has 0 amide bonds. The number of nitrogens with zero attached hydrogens (tertiary/aromatic N) is 4. The van der Waals surface area contributed by atoms with Gasteiger partial charge in [0.1, 0.15) is 22.9 Å². The fourth-order valence-corrected chi connectivity index (χ4v) is 4.18. The predicted molar refractivity (Wildman–Crippen MR) is 168 cm³/mol. The lowest BCUT2D eigenvalue weighted by Gasteiger charge is -2.06. The first-order valence-corrected chi connectivity index (χ1v) is 13.6. The maximum Gasteiger partial charge on any atom is 0.265 e. The molecule has 0 bridgehead atoms. The zero-order chi connectivity index (χ0) is 31.9. The van der Waals surface area contributed by atoms with Gasteiger partial charge in [-0.1, -0.05) is 48.5 Å². The van der Waals surface area contributed by atoms with Crippen LogP contribution in [0.25, 0.3) is 17.4 Å². The van der Waals surface area contributed by atoms with Crippen LogP contribution >= 0.6 is 0 Å². The average molecular weight is 599 g/mol. The number of aliphatic hydroxyl groups excluding tert-OH is 1. The van der Waals surface area contributed by atoms with Gasteiger partial charge in [0.25, 0.3) is 11.1 Å². The van der Waals surface area contributed by atoms with Gasteiger partial charge in [-0.15, -0.1) is 0 Å². The van der Waals surface area contributed by atoms with Crippen molar-refractivity contribution >= 4 is 17.4 Å². The number of hydrogen-bond donors (Lipinski definition) is 1. The lowest BCUT2D eigenvalue weighted by atomic mass is 10.2. The van der Waals surface area contributed by atoms with Gasteiger partial charge in [-0.2, -0.15) is 0 Å². The Kier molecular flexibility index (Phi) is 9.04. The molecule has 1 unspecified atom stereocenters. The van der Waals surface area contributed by atoms with Gasteiger partial charge in [-0.3, -0.25) is 18.4 Å². The normalized spacial score (nSPS) is 10.9. The third-order valence-electron chi connectivity index (χ3n) is 6.49. The van der Waals surface area contributed by atoms with E-state index in [1.165, 1.54) is 58.5 Å². The molecule has 0 radical (unpaired) electrons. The van der Waals surface area contributed by atoms with Crippen LogP contribution in [0.3, 0.4) is 0 Å². The van der Waals surface area contributed by atoms with Gasteiger partial charge < -0.3 is 5.11 Å². The molecule has 0 aliphatic rings. The summed E-state index contributed by atoms with van der Waals surface area (Å²) >= 11 is 0. The second kappa shape index (κ2) is 13.4. The first-order chi connectivity index (χ1) is 21.7. The number of benzene rings is 2. The number of rotatable bonds is 2. The Bertz CT molecular complexity index is 2320. The van der Waals surface area contributed by atoms with E-state index in [2.05, 4.69) is 40.2 Å². The summed E-state index contributed by atoms with van der Waals surface area (Å²) in [6.07, 6.45) is 6.62. The van der Waals surface area contributed by atoms with Gasteiger partial charge >= 0.3 is 0 Å². The number of halogens is 2. The van der Waals surface area contributed by atoms with E-state index in [9.17, 15) is 23.5 Å². The van der Waals surface area contributed by atoms with Crippen molar-refractivity contribution < 1.29 is 13.9 Å². The highest BCUT2D eigenvalue weighted by Crippen LogP contribution is 2.09. The number of aliphatic hydroxyl groups is 1. The topological polar surface area (TPSA) is 89.0 Å². The van der Waals surface area contributed by atoms with E-state index < -0.39 is 6.10 Å². The molecule has 0 fully saturated rings. The first kappa shape index (κ1) is 30.3. The van der Waals surface area contributed by atoms with Crippen LogP contribution in [0.15, 0.2) is 114 Å². The quantitative estimate of drug-likeness (QED) is 0.278. The molecule has 0 saturated heterocycles. The first-order valence-electron chi connectivity index (χ1n) is 13.6. The Morgan fingerprint density at radius 3 is 1.67 bits per heavy atom. The minimum atomic E-state index is -0.876. The lowest BCUT2D eigenvalue weighted by Crippen LogP contribution is -2.20. The van der Waals surface area contributed by atoms with Gasteiger partial charge in [0, 0.05) is 47.0 Å². The van der Waals surface area contributed by atoms with Gasteiger partial charge in [0.15, 0.2) is 0 Å². The number of aromatic nitrogens is 4. The summed E-state index contributed by atoms with van der Waals surface area (Å²) in [5, 5.41) is 9.54. The fraction of sp³-hybridized carbons (Fsp3) is 0.0556. The van der Waals surface area contributed by atoms with Crippen LogP contribution < -0.4 is 11.1 Å². The summed E-state index contributed by atoms with van der Waals surface area (Å²) in [6, 6.07) is 18.9. The largest absolute Gasteiger partial charge is 0.388 e. The number of fused-ring (bicyclic) bond motifs is 2. The average Bonchev–Trinajstić information content (AvgIpc) is 3.03. The molecule has 2 aromatic carbocycles. The zero-order valence-corrected chi connectivity index (χ0v) is 23.9. The molecule has 45 heavy (non-hydrogen) atoms. The molecule has 0 saturated carbocycles. The molecular formula is C36H24F2N4O3. The van der Waals surface area contributed by atoms with E-state index in [-0.39, 0.29) is 28.3 Å². The standard InChI is InChI=1S/C18H13FN2O2.C18H11FN2O/c1-12(22)16-11-20-17-10-14(7-8-21(17)18(16)23)6-5-13-3-2-4-15(19)9-13;1-2-15-12-20-17-11-14(8-9-21(17)18(15)22)7-6-13-4-3-5-16(19)10-13/h2-4,7-12,22H,1H3;2-5,8-12H,1H2. The highest BCUT2D eigenvalue weighted by atomic mass is 19.1. The van der Waals surface area contributed by atoms with Crippen molar-refractivity contribution in [2.24, 2.45) is 0 Å². The summed E-state index contributed by atoms with van der Waals surface area (Å²) in [6.45, 7) is 5.10. The molecule has 6 aromatic rings.